The maximum atomic E-state index is 12.2. The van der Waals surface area contributed by atoms with Crippen molar-refractivity contribution in [2.45, 2.75) is 6.92 Å². The second kappa shape index (κ2) is 8.67. The molecule has 0 spiro atoms. The number of nitrogens with one attached hydrogen (secondary N) is 2. The highest BCUT2D eigenvalue weighted by atomic mass is 35.5. The zero-order chi connectivity index (χ0) is 20.1. The van der Waals surface area contributed by atoms with Crippen molar-refractivity contribution in [3.05, 3.63) is 47.0 Å². The van der Waals surface area contributed by atoms with E-state index in [1.54, 1.807) is 43.5 Å². The first-order valence-electron chi connectivity index (χ1n) is 8.50. The summed E-state index contributed by atoms with van der Waals surface area (Å²) in [7, 11) is 1.54. The highest BCUT2D eigenvalue weighted by molar-refractivity contribution is 6.34. The number of methoxy groups -OCH3 is 1. The van der Waals surface area contributed by atoms with Crippen molar-refractivity contribution in [3.63, 3.8) is 0 Å². The second-order valence-electron chi connectivity index (χ2n) is 5.95. The van der Waals surface area contributed by atoms with E-state index in [9.17, 15) is 9.59 Å². The highest BCUT2D eigenvalue weighted by Crippen LogP contribution is 2.40. The van der Waals surface area contributed by atoms with Gasteiger partial charge in [0.1, 0.15) is 13.2 Å². The number of hydrogen-bond acceptors (Lipinski definition) is 5. The number of rotatable bonds is 5. The summed E-state index contributed by atoms with van der Waals surface area (Å²) in [4.78, 5) is 23.3. The van der Waals surface area contributed by atoms with Crippen molar-refractivity contribution in [1.82, 2.24) is 0 Å². The molecule has 3 rings (SSSR count). The van der Waals surface area contributed by atoms with Gasteiger partial charge in [0.05, 0.1) is 17.8 Å². The summed E-state index contributed by atoms with van der Waals surface area (Å²) in [5.41, 5.74) is 1.71. The van der Waals surface area contributed by atoms with Gasteiger partial charge >= 0.3 is 0 Å². The first-order valence-corrected chi connectivity index (χ1v) is 8.88. The average Bonchev–Trinajstić information content (AvgIpc) is 2.67. The molecule has 8 heteroatoms. The van der Waals surface area contributed by atoms with Crippen LogP contribution in [0, 0.1) is 0 Å². The summed E-state index contributed by atoms with van der Waals surface area (Å²) in [5, 5.41) is 5.63. The van der Waals surface area contributed by atoms with E-state index in [0.29, 0.717) is 46.9 Å². The molecular weight excluding hydrogens is 384 g/mol. The van der Waals surface area contributed by atoms with Crippen molar-refractivity contribution in [3.8, 4) is 17.2 Å². The summed E-state index contributed by atoms with van der Waals surface area (Å²) in [6, 6.07) is 8.36. The van der Waals surface area contributed by atoms with E-state index in [2.05, 4.69) is 10.6 Å². The molecule has 146 valence electrons. The normalized spacial score (nSPS) is 12.5. The van der Waals surface area contributed by atoms with Crippen LogP contribution in [0.3, 0.4) is 0 Å². The van der Waals surface area contributed by atoms with Crippen LogP contribution in [-0.2, 0) is 9.59 Å². The maximum Gasteiger partial charge on any atom is 0.248 e. The fraction of sp³-hybridized carbons (Fsp3) is 0.200. The third-order valence-corrected chi connectivity index (χ3v) is 4.14. The Bertz CT molecular complexity index is 925. The van der Waals surface area contributed by atoms with Crippen LogP contribution in [0.15, 0.2) is 36.4 Å². The van der Waals surface area contributed by atoms with Crippen LogP contribution in [-0.4, -0.2) is 32.1 Å². The molecule has 0 atom stereocenters. The topological polar surface area (TPSA) is 85.9 Å². The zero-order valence-electron chi connectivity index (χ0n) is 15.4. The van der Waals surface area contributed by atoms with Crippen molar-refractivity contribution in [2.75, 3.05) is 31.0 Å². The second-order valence-corrected chi connectivity index (χ2v) is 6.35. The number of amides is 2. The smallest absolute Gasteiger partial charge is 0.248 e. The van der Waals surface area contributed by atoms with E-state index >= 15 is 0 Å². The fourth-order valence-electron chi connectivity index (χ4n) is 2.63. The van der Waals surface area contributed by atoms with Gasteiger partial charge in [0.25, 0.3) is 0 Å². The summed E-state index contributed by atoms with van der Waals surface area (Å²) in [6.07, 6.45) is 3.01. The Kier molecular flexibility index (Phi) is 6.06. The Hall–Kier alpha value is -3.19. The number of hydrogen-bond donors (Lipinski definition) is 2. The predicted molar refractivity (Wildman–Crippen MR) is 107 cm³/mol. The Balaban J connectivity index is 1.71. The number of anilines is 2. The molecule has 0 saturated heterocycles. The molecule has 28 heavy (non-hydrogen) atoms. The van der Waals surface area contributed by atoms with E-state index in [0.717, 1.165) is 5.56 Å². The largest absolute Gasteiger partial charge is 0.493 e. The summed E-state index contributed by atoms with van der Waals surface area (Å²) in [5.74, 6) is 1.10. The van der Waals surface area contributed by atoms with Crippen molar-refractivity contribution in [1.29, 1.82) is 0 Å². The predicted octanol–water partition coefficient (Wildman–Crippen LogP) is 3.73. The first-order chi connectivity index (χ1) is 13.5. The van der Waals surface area contributed by atoms with Crippen LogP contribution in [0.5, 0.6) is 17.2 Å². The number of ether oxygens (including phenoxy) is 3. The Morgan fingerprint density at radius 2 is 1.93 bits per heavy atom. The lowest BCUT2D eigenvalue weighted by molar-refractivity contribution is -0.114. The molecule has 2 aromatic rings. The van der Waals surface area contributed by atoms with Crippen LogP contribution in [0.4, 0.5) is 11.4 Å². The summed E-state index contributed by atoms with van der Waals surface area (Å²) >= 11 is 6.16. The van der Waals surface area contributed by atoms with Gasteiger partial charge in [0.15, 0.2) is 11.5 Å². The minimum absolute atomic E-state index is 0.203. The lowest BCUT2D eigenvalue weighted by Crippen LogP contribution is -2.16. The van der Waals surface area contributed by atoms with Crippen LogP contribution < -0.4 is 24.8 Å². The number of fused-ring (bicyclic) bond motifs is 1. The SMILES string of the molecule is COc1cc(/C=C/C(=O)Nc2ccc(NC(C)=O)cc2Cl)cc2c1OCCO2. The van der Waals surface area contributed by atoms with E-state index in [1.165, 1.54) is 13.0 Å². The molecule has 1 aliphatic rings. The standard InChI is InChI=1S/C20H19ClN2O5/c1-12(24)22-14-4-5-16(15(21)11-14)23-19(25)6-3-13-9-17(26-2)20-18(10-13)27-7-8-28-20/h3-6,9-11H,7-8H2,1-2H3,(H,22,24)(H,23,25)/b6-3+. The molecule has 0 unspecified atom stereocenters. The Morgan fingerprint density at radius 1 is 1.14 bits per heavy atom. The summed E-state index contributed by atoms with van der Waals surface area (Å²) in [6.45, 7) is 2.32. The van der Waals surface area contributed by atoms with E-state index in [4.69, 9.17) is 25.8 Å². The van der Waals surface area contributed by atoms with Crippen molar-refractivity contribution >= 4 is 40.9 Å². The van der Waals surface area contributed by atoms with Gasteiger partial charge in [-0.05, 0) is 42.0 Å². The van der Waals surface area contributed by atoms with Crippen LogP contribution in [0.25, 0.3) is 6.08 Å². The fourth-order valence-corrected chi connectivity index (χ4v) is 2.86. The highest BCUT2D eigenvalue weighted by Gasteiger charge is 2.17. The molecule has 0 bridgehead atoms. The van der Waals surface area contributed by atoms with Gasteiger partial charge in [0.2, 0.25) is 17.6 Å². The van der Waals surface area contributed by atoms with Gasteiger partial charge in [-0.15, -0.1) is 0 Å². The molecule has 0 aliphatic carbocycles. The average molecular weight is 403 g/mol. The Labute approximate surface area is 167 Å². The van der Waals surface area contributed by atoms with E-state index < -0.39 is 0 Å². The molecule has 1 heterocycles. The third kappa shape index (κ3) is 4.75. The molecular formula is C20H19ClN2O5. The van der Waals surface area contributed by atoms with E-state index in [-0.39, 0.29) is 11.8 Å². The third-order valence-electron chi connectivity index (χ3n) is 3.82. The van der Waals surface area contributed by atoms with Gasteiger partial charge in [-0.25, -0.2) is 0 Å². The minimum atomic E-state index is -0.358. The molecule has 0 saturated carbocycles. The van der Waals surface area contributed by atoms with Gasteiger partial charge in [-0.2, -0.15) is 0 Å². The number of benzene rings is 2. The maximum absolute atomic E-state index is 12.2. The molecule has 0 radical (unpaired) electrons. The van der Waals surface area contributed by atoms with Gasteiger partial charge in [0, 0.05) is 18.7 Å². The number of carbonyl (C=O) groups excluding carboxylic acids is 2. The molecule has 2 amide bonds. The van der Waals surface area contributed by atoms with E-state index in [1.807, 2.05) is 0 Å². The first kappa shape index (κ1) is 19.6. The zero-order valence-corrected chi connectivity index (χ0v) is 16.1. The molecule has 0 aromatic heterocycles. The van der Waals surface area contributed by atoms with Gasteiger partial charge in [-0.1, -0.05) is 11.6 Å². The lowest BCUT2D eigenvalue weighted by atomic mass is 10.1. The van der Waals surface area contributed by atoms with Crippen LogP contribution >= 0.6 is 11.6 Å². The minimum Gasteiger partial charge on any atom is -0.493 e. The molecule has 7 nitrogen and oxygen atoms in total. The molecule has 1 aliphatic heterocycles. The van der Waals surface area contributed by atoms with Crippen LogP contribution in [0.1, 0.15) is 12.5 Å². The van der Waals surface area contributed by atoms with Crippen molar-refractivity contribution < 1.29 is 23.8 Å². The molecule has 2 aromatic carbocycles. The Morgan fingerprint density at radius 3 is 2.64 bits per heavy atom. The molecule has 0 fully saturated rings. The molecule has 2 N–H and O–H groups in total. The van der Waals surface area contributed by atoms with Gasteiger partial charge < -0.3 is 24.8 Å². The number of carbonyl (C=O) groups is 2. The van der Waals surface area contributed by atoms with Crippen LogP contribution in [0.2, 0.25) is 5.02 Å². The summed E-state index contributed by atoms with van der Waals surface area (Å²) < 4.78 is 16.5. The van der Waals surface area contributed by atoms with Crippen molar-refractivity contribution in [2.24, 2.45) is 0 Å². The lowest BCUT2D eigenvalue weighted by Gasteiger charge is -2.20. The number of halogens is 1. The quantitative estimate of drug-likeness (QED) is 0.744. The van der Waals surface area contributed by atoms with Gasteiger partial charge in [-0.3, -0.25) is 9.59 Å². The monoisotopic (exact) mass is 402 g/mol.